The number of nitrogens with zero attached hydrogens (tertiary/aromatic N) is 3. The first-order valence-corrected chi connectivity index (χ1v) is 8.28. The zero-order valence-electron chi connectivity index (χ0n) is 13.4. The predicted molar refractivity (Wildman–Crippen MR) is 89.8 cm³/mol. The molecule has 0 unspecified atom stereocenters. The molecule has 1 N–H and O–H groups in total. The van der Waals surface area contributed by atoms with Crippen molar-refractivity contribution in [1.82, 2.24) is 14.8 Å². The maximum atomic E-state index is 6.04. The molecule has 1 aromatic heterocycles. The smallest absolute Gasteiger partial charge is 0.194 e. The Labute approximate surface area is 133 Å². The number of guanidine groups is 1. The van der Waals surface area contributed by atoms with Crippen molar-refractivity contribution in [3.8, 4) is 0 Å². The van der Waals surface area contributed by atoms with E-state index < -0.39 is 0 Å². The molecular formula is C16H27ClN4. The Balaban J connectivity index is 1.88. The van der Waals surface area contributed by atoms with Gasteiger partial charge in [-0.15, -0.1) is 0 Å². The molecule has 1 aromatic rings. The van der Waals surface area contributed by atoms with Crippen LogP contribution >= 0.6 is 11.6 Å². The third-order valence-corrected chi connectivity index (χ3v) is 4.11. The first-order chi connectivity index (χ1) is 10.1. The minimum atomic E-state index is 0.785. The molecule has 0 amide bonds. The molecule has 118 valence electrons. The molecule has 1 fully saturated rings. The van der Waals surface area contributed by atoms with E-state index in [0.717, 1.165) is 36.5 Å². The van der Waals surface area contributed by atoms with E-state index in [0.29, 0.717) is 0 Å². The van der Waals surface area contributed by atoms with Gasteiger partial charge < -0.3 is 14.8 Å². The van der Waals surface area contributed by atoms with Gasteiger partial charge >= 0.3 is 0 Å². The molecule has 1 aliphatic carbocycles. The van der Waals surface area contributed by atoms with Crippen molar-refractivity contribution in [2.45, 2.75) is 39.2 Å². The van der Waals surface area contributed by atoms with Gasteiger partial charge in [0.05, 0.1) is 11.6 Å². The van der Waals surface area contributed by atoms with Crippen molar-refractivity contribution < 1.29 is 0 Å². The van der Waals surface area contributed by atoms with E-state index in [9.17, 15) is 0 Å². The van der Waals surface area contributed by atoms with Crippen molar-refractivity contribution in [2.24, 2.45) is 18.0 Å². The Morgan fingerprint density at radius 3 is 2.86 bits per heavy atom. The van der Waals surface area contributed by atoms with Crippen LogP contribution in [0.1, 0.15) is 38.3 Å². The van der Waals surface area contributed by atoms with Gasteiger partial charge in [-0.1, -0.05) is 24.4 Å². The van der Waals surface area contributed by atoms with Gasteiger partial charge in [-0.2, -0.15) is 0 Å². The first-order valence-electron chi connectivity index (χ1n) is 7.90. The van der Waals surface area contributed by atoms with E-state index in [1.807, 2.05) is 19.3 Å². The number of halogens is 1. The standard InChI is InChI=1S/C16H27ClN4/c1-4-18-16(19-9-5-6-13-7-8-13)21(3)12-15-10-14(17)11-20(15)2/h10-11,13H,4-9,12H2,1-3H3,(H,18,19). The van der Waals surface area contributed by atoms with Gasteiger partial charge in [0.2, 0.25) is 0 Å². The van der Waals surface area contributed by atoms with E-state index in [4.69, 9.17) is 16.6 Å². The normalized spacial score (nSPS) is 15.3. The molecule has 0 aliphatic heterocycles. The molecule has 1 saturated carbocycles. The quantitative estimate of drug-likeness (QED) is 0.476. The van der Waals surface area contributed by atoms with E-state index in [-0.39, 0.29) is 0 Å². The number of hydrogen-bond acceptors (Lipinski definition) is 1. The summed E-state index contributed by atoms with van der Waals surface area (Å²) in [5.41, 5.74) is 1.19. The van der Waals surface area contributed by atoms with E-state index in [1.54, 1.807) is 0 Å². The first kappa shape index (κ1) is 16.2. The monoisotopic (exact) mass is 310 g/mol. The topological polar surface area (TPSA) is 32.6 Å². The van der Waals surface area contributed by atoms with Crippen LogP contribution in [-0.2, 0) is 13.6 Å². The second-order valence-corrected chi connectivity index (χ2v) is 6.37. The molecule has 1 heterocycles. The van der Waals surface area contributed by atoms with Crippen molar-refractivity contribution >= 4 is 17.6 Å². The van der Waals surface area contributed by atoms with Gasteiger partial charge in [0.15, 0.2) is 5.96 Å². The molecule has 0 spiro atoms. The molecule has 4 nitrogen and oxygen atoms in total. The lowest BCUT2D eigenvalue weighted by molar-refractivity contribution is 0.461. The van der Waals surface area contributed by atoms with Crippen LogP contribution in [0.15, 0.2) is 17.3 Å². The summed E-state index contributed by atoms with van der Waals surface area (Å²) < 4.78 is 2.06. The predicted octanol–water partition coefficient (Wildman–Crippen LogP) is 3.27. The van der Waals surface area contributed by atoms with Gasteiger partial charge in [0.1, 0.15) is 0 Å². The summed E-state index contributed by atoms with van der Waals surface area (Å²) in [7, 11) is 4.10. The van der Waals surface area contributed by atoms with Crippen molar-refractivity contribution in [3.05, 3.63) is 23.0 Å². The Bertz CT molecular complexity index is 477. The summed E-state index contributed by atoms with van der Waals surface area (Å²) in [6.45, 7) is 4.71. The second-order valence-electron chi connectivity index (χ2n) is 5.94. The zero-order valence-corrected chi connectivity index (χ0v) is 14.2. The SMILES string of the molecule is CCNC(=NCCCC1CC1)N(C)Cc1cc(Cl)cn1C. The van der Waals surface area contributed by atoms with Crippen LogP contribution in [0.4, 0.5) is 0 Å². The summed E-state index contributed by atoms with van der Waals surface area (Å²) in [5, 5.41) is 4.15. The maximum Gasteiger partial charge on any atom is 0.194 e. The Morgan fingerprint density at radius 2 is 2.29 bits per heavy atom. The highest BCUT2D eigenvalue weighted by Gasteiger charge is 2.20. The number of aromatic nitrogens is 1. The van der Waals surface area contributed by atoms with E-state index in [1.165, 1.54) is 31.4 Å². The minimum absolute atomic E-state index is 0.785. The largest absolute Gasteiger partial charge is 0.357 e. The summed E-state index contributed by atoms with van der Waals surface area (Å²) in [4.78, 5) is 6.89. The lowest BCUT2D eigenvalue weighted by atomic mass is 10.2. The summed E-state index contributed by atoms with van der Waals surface area (Å²) >= 11 is 6.04. The van der Waals surface area contributed by atoms with Crippen LogP contribution in [0.2, 0.25) is 5.02 Å². The second kappa shape index (κ2) is 7.74. The Kier molecular flexibility index (Phi) is 5.97. The fraction of sp³-hybridized carbons (Fsp3) is 0.688. The van der Waals surface area contributed by atoms with Gasteiger partial charge in [-0.3, -0.25) is 4.99 Å². The molecule has 21 heavy (non-hydrogen) atoms. The molecule has 0 aromatic carbocycles. The summed E-state index contributed by atoms with van der Waals surface area (Å²) in [5.74, 6) is 1.97. The molecule has 0 bridgehead atoms. The highest BCUT2D eigenvalue weighted by molar-refractivity contribution is 6.30. The summed E-state index contributed by atoms with van der Waals surface area (Å²) in [6.07, 6.45) is 7.32. The van der Waals surface area contributed by atoms with Crippen LogP contribution in [-0.4, -0.2) is 35.6 Å². The van der Waals surface area contributed by atoms with Crippen molar-refractivity contribution in [2.75, 3.05) is 20.1 Å². The molecule has 1 aliphatic rings. The van der Waals surface area contributed by atoms with Crippen molar-refractivity contribution in [1.29, 1.82) is 0 Å². The summed E-state index contributed by atoms with van der Waals surface area (Å²) in [6, 6.07) is 2.01. The number of hydrogen-bond donors (Lipinski definition) is 1. The number of aliphatic imine (C=N–C) groups is 1. The Morgan fingerprint density at radius 1 is 1.52 bits per heavy atom. The van der Waals surface area contributed by atoms with Crippen LogP contribution in [0.5, 0.6) is 0 Å². The van der Waals surface area contributed by atoms with Crippen LogP contribution in [0.3, 0.4) is 0 Å². The molecule has 5 heteroatoms. The molecule has 0 atom stereocenters. The van der Waals surface area contributed by atoms with E-state index in [2.05, 4.69) is 28.8 Å². The third kappa shape index (κ3) is 5.27. The molecule has 2 rings (SSSR count). The minimum Gasteiger partial charge on any atom is -0.357 e. The lowest BCUT2D eigenvalue weighted by Gasteiger charge is -2.22. The molecular weight excluding hydrogens is 284 g/mol. The van der Waals surface area contributed by atoms with Gasteiger partial charge in [0, 0.05) is 39.1 Å². The Hall–Kier alpha value is -1.16. The third-order valence-electron chi connectivity index (χ3n) is 3.90. The van der Waals surface area contributed by atoms with Gasteiger partial charge in [0.25, 0.3) is 0 Å². The van der Waals surface area contributed by atoms with Crippen LogP contribution < -0.4 is 5.32 Å². The fourth-order valence-corrected chi connectivity index (χ4v) is 2.75. The van der Waals surface area contributed by atoms with Gasteiger partial charge in [-0.25, -0.2) is 0 Å². The molecule has 0 radical (unpaired) electrons. The van der Waals surface area contributed by atoms with E-state index >= 15 is 0 Å². The fourth-order valence-electron chi connectivity index (χ4n) is 2.48. The van der Waals surface area contributed by atoms with Crippen LogP contribution in [0.25, 0.3) is 0 Å². The molecule has 0 saturated heterocycles. The number of nitrogens with one attached hydrogen (secondary N) is 1. The number of aryl methyl sites for hydroxylation is 1. The zero-order chi connectivity index (χ0) is 15.2. The van der Waals surface area contributed by atoms with Gasteiger partial charge in [-0.05, 0) is 31.7 Å². The lowest BCUT2D eigenvalue weighted by Crippen LogP contribution is -2.38. The maximum absolute atomic E-state index is 6.04. The van der Waals surface area contributed by atoms with Crippen LogP contribution in [0, 0.1) is 5.92 Å². The van der Waals surface area contributed by atoms with Crippen molar-refractivity contribution in [3.63, 3.8) is 0 Å². The highest BCUT2D eigenvalue weighted by atomic mass is 35.5. The average molecular weight is 311 g/mol. The number of rotatable bonds is 7. The highest BCUT2D eigenvalue weighted by Crippen LogP contribution is 2.33. The average Bonchev–Trinajstić information content (AvgIpc) is 3.20.